The van der Waals surface area contributed by atoms with E-state index in [1.165, 1.54) is 23.1 Å². The van der Waals surface area contributed by atoms with E-state index in [0.717, 1.165) is 30.0 Å². The molecule has 4 atom stereocenters. The molecule has 2 saturated heterocycles. The van der Waals surface area contributed by atoms with Crippen LogP contribution in [0, 0.1) is 0 Å². The number of fused-ring (bicyclic) bond motifs is 1. The maximum atomic E-state index is 6.47. The zero-order valence-electron chi connectivity index (χ0n) is 21.7. The Hall–Kier alpha value is -2.69. The number of ether oxygens (including phenoxy) is 7. The first kappa shape index (κ1) is 26.5. The summed E-state index contributed by atoms with van der Waals surface area (Å²) in [5.74, 6) is 2.11. The minimum atomic E-state index is -0.650. The Morgan fingerprint density at radius 1 is 1.05 bits per heavy atom. The summed E-state index contributed by atoms with van der Waals surface area (Å²) in [6.07, 6.45) is 2.34. The molecule has 3 aromatic rings. The number of nitrogen functional groups attached to an aromatic ring is 1. The lowest BCUT2D eigenvalue weighted by Gasteiger charge is -2.26. The normalized spacial score (nSPS) is 25.3. The molecule has 15 heteroatoms. The first-order valence-corrected chi connectivity index (χ1v) is 14.3. The fraction of sp³-hybridized carbons (Fsp3) is 0.583. The van der Waals surface area contributed by atoms with Crippen LogP contribution in [-0.2, 0) is 25.6 Å². The molecule has 2 N–H and O–H groups in total. The molecule has 0 radical (unpaired) electrons. The number of rotatable bonds is 10. The van der Waals surface area contributed by atoms with Crippen LogP contribution in [0.1, 0.15) is 31.5 Å². The van der Waals surface area contributed by atoms with E-state index in [0.29, 0.717) is 39.5 Å². The van der Waals surface area contributed by atoms with Crippen molar-refractivity contribution in [3.8, 4) is 28.7 Å². The molecule has 1 aromatic carbocycles. The fourth-order valence-corrected chi connectivity index (χ4v) is 6.84. The second-order valence-corrected chi connectivity index (χ2v) is 11.6. The molecule has 0 bridgehead atoms. The van der Waals surface area contributed by atoms with Crippen LogP contribution < -0.4 is 19.9 Å². The molecule has 4 heterocycles. The number of nitrogens with zero attached hydrogens (tertiary/aromatic N) is 4. The van der Waals surface area contributed by atoms with Gasteiger partial charge in [-0.05, 0) is 25.0 Å². The lowest BCUT2D eigenvalue weighted by Crippen LogP contribution is -2.33. The number of nitrogens with two attached hydrogens (primary N) is 1. The van der Waals surface area contributed by atoms with E-state index in [4.69, 9.17) is 43.4 Å². The van der Waals surface area contributed by atoms with Gasteiger partial charge in [-0.1, -0.05) is 28.3 Å². The zero-order valence-corrected chi connectivity index (χ0v) is 23.3. The van der Waals surface area contributed by atoms with Crippen LogP contribution in [0.3, 0.4) is 0 Å². The summed E-state index contributed by atoms with van der Waals surface area (Å²) in [5, 5.41) is 12.5. The average Bonchev–Trinajstić information content (AvgIpc) is 3.78. The van der Waals surface area contributed by atoms with Crippen molar-refractivity contribution in [1.82, 2.24) is 20.3 Å². The van der Waals surface area contributed by atoms with E-state index in [9.17, 15) is 0 Å². The number of hydrogen-bond donors (Lipinski definition) is 1. The van der Waals surface area contributed by atoms with Gasteiger partial charge in [-0.25, -0.2) is 0 Å². The zero-order chi connectivity index (χ0) is 27.0. The number of anilines is 1. The number of hydrogen-bond acceptors (Lipinski definition) is 15. The number of thioether (sulfide) groups is 1. The fourth-order valence-electron chi connectivity index (χ4n) is 5.12. The predicted octanol–water partition coefficient (Wildman–Crippen LogP) is 3.28. The van der Waals surface area contributed by atoms with Crippen LogP contribution in [0.25, 0.3) is 11.5 Å². The van der Waals surface area contributed by atoms with Gasteiger partial charge in [-0.2, -0.15) is 4.98 Å². The smallest absolute Gasteiger partial charge is 0.258 e. The van der Waals surface area contributed by atoms with E-state index in [1.54, 1.807) is 33.5 Å². The summed E-state index contributed by atoms with van der Waals surface area (Å²) >= 11 is 2.86. The number of methoxy groups -OCH3 is 3. The quantitative estimate of drug-likeness (QED) is 0.349. The SMILES string of the molecule is COc1cc(-c2nc(CO[C@@H]3O[C@H](CSc4nnc(N)s4)[C@H]4OC5(CCCC5)O[C@@H]34)no2)cc(OC)c1OC. The summed E-state index contributed by atoms with van der Waals surface area (Å²) in [6.45, 7) is 0.0605. The third-order valence-corrected chi connectivity index (χ3v) is 8.86. The van der Waals surface area contributed by atoms with Crippen LogP contribution in [0.2, 0.25) is 0 Å². The highest BCUT2D eigenvalue weighted by molar-refractivity contribution is 8.01. The van der Waals surface area contributed by atoms with Crippen LogP contribution in [-0.4, -0.2) is 77.8 Å². The largest absolute Gasteiger partial charge is 0.493 e. The van der Waals surface area contributed by atoms with E-state index < -0.39 is 12.1 Å². The third kappa shape index (κ3) is 5.26. The van der Waals surface area contributed by atoms with Gasteiger partial charge in [0.2, 0.25) is 10.9 Å². The van der Waals surface area contributed by atoms with Crippen molar-refractivity contribution in [3.05, 3.63) is 18.0 Å². The van der Waals surface area contributed by atoms with Crippen LogP contribution >= 0.6 is 23.1 Å². The molecule has 1 aliphatic carbocycles. The van der Waals surface area contributed by atoms with Crippen LogP contribution in [0.4, 0.5) is 5.13 Å². The Morgan fingerprint density at radius 3 is 2.46 bits per heavy atom. The van der Waals surface area contributed by atoms with Gasteiger partial charge in [0.1, 0.15) is 18.8 Å². The minimum absolute atomic E-state index is 0.0605. The van der Waals surface area contributed by atoms with Crippen molar-refractivity contribution >= 4 is 28.2 Å². The van der Waals surface area contributed by atoms with E-state index in [2.05, 4.69) is 20.3 Å². The van der Waals surface area contributed by atoms with Gasteiger partial charge in [0.05, 0.1) is 27.4 Å². The average molecular weight is 580 g/mol. The molecule has 210 valence electrons. The van der Waals surface area contributed by atoms with Crippen molar-refractivity contribution in [2.75, 3.05) is 32.8 Å². The Morgan fingerprint density at radius 2 is 1.79 bits per heavy atom. The molecule has 39 heavy (non-hydrogen) atoms. The van der Waals surface area contributed by atoms with Gasteiger partial charge in [-0.15, -0.1) is 10.2 Å². The van der Waals surface area contributed by atoms with Crippen molar-refractivity contribution in [2.24, 2.45) is 0 Å². The monoisotopic (exact) mass is 579 g/mol. The molecule has 2 aromatic heterocycles. The molecule has 1 saturated carbocycles. The summed E-state index contributed by atoms with van der Waals surface area (Å²) < 4.78 is 47.8. The summed E-state index contributed by atoms with van der Waals surface area (Å²) in [7, 11) is 4.63. The predicted molar refractivity (Wildman–Crippen MR) is 139 cm³/mol. The van der Waals surface area contributed by atoms with Gasteiger partial charge >= 0.3 is 0 Å². The van der Waals surface area contributed by atoms with Crippen LogP contribution in [0.15, 0.2) is 21.0 Å². The summed E-state index contributed by atoms with van der Waals surface area (Å²) in [5.41, 5.74) is 6.34. The molecule has 3 aliphatic rings. The van der Waals surface area contributed by atoms with Crippen molar-refractivity contribution in [1.29, 1.82) is 0 Å². The van der Waals surface area contributed by atoms with E-state index in [1.807, 2.05) is 0 Å². The van der Waals surface area contributed by atoms with Crippen molar-refractivity contribution in [2.45, 2.75) is 67.0 Å². The first-order chi connectivity index (χ1) is 19.0. The Kier molecular flexibility index (Phi) is 7.52. The highest BCUT2D eigenvalue weighted by Gasteiger charge is 2.59. The maximum Gasteiger partial charge on any atom is 0.258 e. The molecule has 1 spiro atoms. The minimum Gasteiger partial charge on any atom is -0.493 e. The van der Waals surface area contributed by atoms with Gasteiger partial charge in [0, 0.05) is 24.2 Å². The van der Waals surface area contributed by atoms with Crippen molar-refractivity contribution in [3.63, 3.8) is 0 Å². The van der Waals surface area contributed by atoms with Gasteiger partial charge < -0.3 is 43.4 Å². The highest BCUT2D eigenvalue weighted by Crippen LogP contribution is 2.48. The molecular formula is C24H29N5O8S2. The Bertz CT molecular complexity index is 1270. The lowest BCUT2D eigenvalue weighted by molar-refractivity contribution is -0.244. The molecule has 13 nitrogen and oxygen atoms in total. The highest BCUT2D eigenvalue weighted by atomic mass is 32.2. The lowest BCUT2D eigenvalue weighted by atomic mass is 10.1. The Labute approximate surface area is 232 Å². The summed E-state index contributed by atoms with van der Waals surface area (Å²) in [6, 6.07) is 3.48. The molecule has 0 amide bonds. The van der Waals surface area contributed by atoms with Gasteiger partial charge in [-0.3, -0.25) is 0 Å². The Balaban J connectivity index is 1.14. The molecule has 2 aliphatic heterocycles. The molecule has 0 unspecified atom stereocenters. The van der Waals surface area contributed by atoms with Gasteiger partial charge in [0.25, 0.3) is 5.89 Å². The molecule has 6 rings (SSSR count). The molecular weight excluding hydrogens is 550 g/mol. The maximum absolute atomic E-state index is 6.47. The van der Waals surface area contributed by atoms with Crippen LogP contribution in [0.5, 0.6) is 17.2 Å². The standard InChI is InChI=1S/C24H29N5O8S2/c1-30-13-8-12(9-14(31-2)17(13)32-3)20-26-16(29-37-20)10-33-21-19-18(35-24(36-19)6-4-5-7-24)15(34-21)11-38-23-28-27-22(25)39-23/h8-9,15,18-19,21H,4-7,10-11H2,1-3H3,(H2,25,27)/t15-,18-,19-,21-/m1/s1. The number of aromatic nitrogens is 4. The topological polar surface area (TPSA) is 155 Å². The van der Waals surface area contributed by atoms with E-state index >= 15 is 0 Å². The van der Waals surface area contributed by atoms with E-state index in [-0.39, 0.29) is 30.8 Å². The van der Waals surface area contributed by atoms with Gasteiger partial charge in [0.15, 0.2) is 33.7 Å². The summed E-state index contributed by atoms with van der Waals surface area (Å²) in [4.78, 5) is 4.49. The second kappa shape index (κ2) is 11.1. The van der Waals surface area contributed by atoms with Crippen molar-refractivity contribution < 1.29 is 37.7 Å². The third-order valence-electron chi connectivity index (χ3n) is 6.88. The first-order valence-electron chi connectivity index (χ1n) is 12.5. The second-order valence-electron chi connectivity index (χ2n) is 9.28. The number of benzene rings is 1. The molecule has 3 fully saturated rings.